The van der Waals surface area contributed by atoms with E-state index in [4.69, 9.17) is 0 Å². The molecule has 0 radical (unpaired) electrons. The van der Waals surface area contributed by atoms with Crippen molar-refractivity contribution >= 4 is 29.3 Å². The van der Waals surface area contributed by atoms with Crippen LogP contribution in [-0.2, 0) is 16.1 Å². The third kappa shape index (κ3) is 7.58. The summed E-state index contributed by atoms with van der Waals surface area (Å²) in [7, 11) is 3.58. The Kier molecular flexibility index (Phi) is 8.99. The minimum absolute atomic E-state index is 0.0272. The van der Waals surface area contributed by atoms with Gasteiger partial charge >= 0.3 is 0 Å². The van der Waals surface area contributed by atoms with E-state index >= 15 is 0 Å². The zero-order valence-electron chi connectivity index (χ0n) is 18.3. The van der Waals surface area contributed by atoms with Crippen LogP contribution in [0.2, 0.25) is 0 Å². The van der Waals surface area contributed by atoms with E-state index in [-0.39, 0.29) is 11.8 Å². The SMILES string of the molecule is CN(C)C(=O)CN1CCCN(CC(=O)Nc2cccc(CN3CCSCC3)c2)CC1. The van der Waals surface area contributed by atoms with Gasteiger partial charge in [-0.05, 0) is 37.2 Å². The monoisotopic (exact) mass is 433 g/mol. The van der Waals surface area contributed by atoms with Gasteiger partial charge in [0.1, 0.15) is 0 Å². The molecule has 2 aliphatic heterocycles. The number of nitrogens with one attached hydrogen (secondary N) is 1. The van der Waals surface area contributed by atoms with Gasteiger partial charge in [0.25, 0.3) is 0 Å². The number of carbonyl (C=O) groups excluding carboxylic acids is 2. The summed E-state index contributed by atoms with van der Waals surface area (Å²) in [4.78, 5) is 33.0. The Labute approximate surface area is 184 Å². The van der Waals surface area contributed by atoms with Crippen molar-refractivity contribution < 1.29 is 9.59 Å². The standard InChI is InChI=1S/C22H35N5O2S/c1-24(2)22(29)18-26-8-4-7-25(9-10-26)17-21(28)23-20-6-3-5-19(15-20)16-27-11-13-30-14-12-27/h3,5-6,15H,4,7-14,16-18H2,1-2H3,(H,23,28). The number of anilines is 1. The van der Waals surface area contributed by atoms with Crippen LogP contribution in [0.4, 0.5) is 5.69 Å². The number of benzene rings is 1. The fraction of sp³-hybridized carbons (Fsp3) is 0.636. The summed E-state index contributed by atoms with van der Waals surface area (Å²) in [6.45, 7) is 7.46. The Morgan fingerprint density at radius 2 is 1.67 bits per heavy atom. The summed E-state index contributed by atoms with van der Waals surface area (Å²) in [5.41, 5.74) is 2.12. The van der Waals surface area contributed by atoms with E-state index in [2.05, 4.69) is 32.1 Å². The van der Waals surface area contributed by atoms with Crippen LogP contribution in [0.5, 0.6) is 0 Å². The van der Waals surface area contributed by atoms with Crippen molar-refractivity contribution in [2.24, 2.45) is 0 Å². The molecule has 1 aromatic rings. The first-order valence-electron chi connectivity index (χ1n) is 10.8. The number of likely N-dealkylation sites (N-methyl/N-ethyl adjacent to an activating group) is 1. The van der Waals surface area contributed by atoms with Gasteiger partial charge < -0.3 is 10.2 Å². The van der Waals surface area contributed by atoms with Crippen LogP contribution in [0.25, 0.3) is 0 Å². The second-order valence-corrected chi connectivity index (χ2v) is 9.56. The molecule has 3 rings (SSSR count). The van der Waals surface area contributed by atoms with Gasteiger partial charge in [-0.15, -0.1) is 0 Å². The molecule has 2 fully saturated rings. The van der Waals surface area contributed by atoms with Crippen LogP contribution in [-0.4, -0.2) is 109 Å². The highest BCUT2D eigenvalue weighted by Crippen LogP contribution is 2.16. The molecule has 0 atom stereocenters. The minimum Gasteiger partial charge on any atom is -0.348 e. The topological polar surface area (TPSA) is 59.1 Å². The molecule has 7 nitrogen and oxygen atoms in total. The molecule has 8 heteroatoms. The third-order valence-corrected chi connectivity index (χ3v) is 6.57. The van der Waals surface area contributed by atoms with Crippen molar-refractivity contribution in [1.82, 2.24) is 19.6 Å². The minimum atomic E-state index is 0.0272. The van der Waals surface area contributed by atoms with Crippen LogP contribution in [0, 0.1) is 0 Å². The molecule has 0 unspecified atom stereocenters. The predicted molar refractivity (Wildman–Crippen MR) is 124 cm³/mol. The quantitative estimate of drug-likeness (QED) is 0.699. The zero-order chi connectivity index (χ0) is 21.3. The molecule has 1 N–H and O–H groups in total. The average Bonchev–Trinajstić information content (AvgIpc) is 2.94. The summed E-state index contributed by atoms with van der Waals surface area (Å²) in [6.07, 6.45) is 0.970. The lowest BCUT2D eigenvalue weighted by atomic mass is 10.2. The maximum absolute atomic E-state index is 12.6. The second kappa shape index (κ2) is 11.7. The van der Waals surface area contributed by atoms with Gasteiger partial charge in [0.05, 0.1) is 13.1 Å². The average molecular weight is 434 g/mol. The highest BCUT2D eigenvalue weighted by molar-refractivity contribution is 7.99. The van der Waals surface area contributed by atoms with Crippen molar-refractivity contribution in [3.63, 3.8) is 0 Å². The summed E-state index contributed by atoms with van der Waals surface area (Å²) < 4.78 is 0. The summed E-state index contributed by atoms with van der Waals surface area (Å²) >= 11 is 2.02. The van der Waals surface area contributed by atoms with Crippen molar-refractivity contribution in [1.29, 1.82) is 0 Å². The number of amides is 2. The van der Waals surface area contributed by atoms with Crippen LogP contribution in [0.1, 0.15) is 12.0 Å². The van der Waals surface area contributed by atoms with Gasteiger partial charge in [-0.2, -0.15) is 11.8 Å². The Balaban J connectivity index is 1.45. The second-order valence-electron chi connectivity index (χ2n) is 8.33. The molecule has 0 aliphatic carbocycles. The Morgan fingerprint density at radius 1 is 0.967 bits per heavy atom. The van der Waals surface area contributed by atoms with Crippen molar-refractivity contribution in [3.05, 3.63) is 29.8 Å². The first-order chi connectivity index (χ1) is 14.5. The van der Waals surface area contributed by atoms with Crippen LogP contribution >= 0.6 is 11.8 Å². The Hall–Kier alpha value is -1.61. The molecule has 1 aromatic carbocycles. The lowest BCUT2D eigenvalue weighted by molar-refractivity contribution is -0.129. The van der Waals surface area contributed by atoms with Crippen molar-refractivity contribution in [2.45, 2.75) is 13.0 Å². The van der Waals surface area contributed by atoms with Gasteiger partial charge in [-0.1, -0.05) is 12.1 Å². The van der Waals surface area contributed by atoms with Crippen molar-refractivity contribution in [2.75, 3.05) is 83.3 Å². The van der Waals surface area contributed by atoms with E-state index in [0.29, 0.717) is 13.1 Å². The van der Waals surface area contributed by atoms with E-state index in [1.54, 1.807) is 19.0 Å². The smallest absolute Gasteiger partial charge is 0.238 e. The van der Waals surface area contributed by atoms with Gasteiger partial charge in [0.15, 0.2) is 0 Å². The highest BCUT2D eigenvalue weighted by atomic mass is 32.2. The van der Waals surface area contributed by atoms with E-state index in [0.717, 1.165) is 57.9 Å². The normalized spacial score (nSPS) is 19.3. The van der Waals surface area contributed by atoms with E-state index in [1.165, 1.54) is 17.1 Å². The number of hydrogen-bond donors (Lipinski definition) is 1. The lowest BCUT2D eigenvalue weighted by Crippen LogP contribution is -2.39. The Morgan fingerprint density at radius 3 is 2.37 bits per heavy atom. The number of rotatable bonds is 7. The Bertz CT molecular complexity index is 709. The van der Waals surface area contributed by atoms with Crippen LogP contribution < -0.4 is 5.32 Å². The molecule has 2 heterocycles. The third-order valence-electron chi connectivity index (χ3n) is 5.63. The maximum atomic E-state index is 12.6. The van der Waals surface area contributed by atoms with Crippen LogP contribution in [0.3, 0.4) is 0 Å². The molecule has 0 bridgehead atoms. The number of hydrogen-bond acceptors (Lipinski definition) is 6. The number of nitrogens with zero attached hydrogens (tertiary/aromatic N) is 4. The first kappa shape index (κ1) is 23.1. The fourth-order valence-electron chi connectivity index (χ4n) is 3.84. The molecule has 2 amide bonds. The fourth-order valence-corrected chi connectivity index (χ4v) is 4.82. The molecule has 30 heavy (non-hydrogen) atoms. The largest absolute Gasteiger partial charge is 0.348 e. The van der Waals surface area contributed by atoms with Crippen molar-refractivity contribution in [3.8, 4) is 0 Å². The summed E-state index contributed by atoms with van der Waals surface area (Å²) in [5, 5.41) is 3.07. The molecule has 0 spiro atoms. The predicted octanol–water partition coefficient (Wildman–Crippen LogP) is 1.27. The van der Waals surface area contributed by atoms with Gasteiger partial charge in [-0.3, -0.25) is 24.3 Å². The molecule has 0 saturated carbocycles. The van der Waals surface area contributed by atoms with Crippen LogP contribution in [0.15, 0.2) is 24.3 Å². The van der Waals surface area contributed by atoms with E-state index in [1.807, 2.05) is 23.9 Å². The molecular formula is C22H35N5O2S. The first-order valence-corrected chi connectivity index (χ1v) is 12.0. The van der Waals surface area contributed by atoms with E-state index < -0.39 is 0 Å². The molecule has 2 saturated heterocycles. The lowest BCUT2D eigenvalue weighted by Gasteiger charge is -2.26. The number of carbonyl (C=O) groups is 2. The molecular weight excluding hydrogens is 398 g/mol. The van der Waals surface area contributed by atoms with Gasteiger partial charge in [0, 0.05) is 64.0 Å². The van der Waals surface area contributed by atoms with Gasteiger partial charge in [-0.25, -0.2) is 0 Å². The highest BCUT2D eigenvalue weighted by Gasteiger charge is 2.19. The maximum Gasteiger partial charge on any atom is 0.238 e. The summed E-state index contributed by atoms with van der Waals surface area (Å²) in [6, 6.07) is 8.21. The molecule has 0 aromatic heterocycles. The van der Waals surface area contributed by atoms with E-state index in [9.17, 15) is 9.59 Å². The molecule has 166 valence electrons. The summed E-state index contributed by atoms with van der Waals surface area (Å²) in [5.74, 6) is 2.56. The zero-order valence-corrected chi connectivity index (χ0v) is 19.1. The number of thioether (sulfide) groups is 1. The molecule has 2 aliphatic rings. The van der Waals surface area contributed by atoms with Gasteiger partial charge in [0.2, 0.25) is 11.8 Å².